The number of carbonyl (C=O) groups is 1. The molecule has 144 valence electrons. The minimum absolute atomic E-state index is 0.124. The number of aryl methyl sites for hydroxylation is 2. The number of pyridine rings is 1. The van der Waals surface area contributed by atoms with Crippen molar-refractivity contribution < 1.29 is 4.79 Å². The van der Waals surface area contributed by atoms with Crippen molar-refractivity contribution in [3.05, 3.63) is 59.4 Å². The van der Waals surface area contributed by atoms with Crippen LogP contribution in [0.4, 0.5) is 17.3 Å². The number of nitrogens with one attached hydrogen (secondary N) is 2. The summed E-state index contributed by atoms with van der Waals surface area (Å²) in [6, 6.07) is 11.9. The van der Waals surface area contributed by atoms with E-state index >= 15 is 0 Å². The number of benzene rings is 1. The molecule has 0 atom stereocenters. The normalized spacial score (nSPS) is 14.2. The number of carbonyl (C=O) groups excluding carboxylic acids is 1. The Hall–Kier alpha value is -3.42. The number of aromatic nitrogens is 4. The number of piperazine rings is 1. The van der Waals surface area contributed by atoms with E-state index in [1.165, 1.54) is 11.1 Å². The maximum absolute atomic E-state index is 13.0. The molecule has 8 heteroatoms. The first kappa shape index (κ1) is 18.0. The molecule has 2 N–H and O–H groups in total. The third-order valence-corrected chi connectivity index (χ3v) is 5.06. The number of nitrogens with zero attached hydrogens (tertiary/aromatic N) is 5. The van der Waals surface area contributed by atoms with Crippen LogP contribution in [0.5, 0.6) is 0 Å². The van der Waals surface area contributed by atoms with Gasteiger partial charge < -0.3 is 15.1 Å². The lowest BCUT2D eigenvalue weighted by atomic mass is 10.1. The predicted octanol–water partition coefficient (Wildman–Crippen LogP) is 2.52. The Bertz CT molecular complexity index is 962. The van der Waals surface area contributed by atoms with Crippen molar-refractivity contribution in [3.63, 3.8) is 0 Å². The van der Waals surface area contributed by atoms with E-state index in [1.807, 2.05) is 41.3 Å². The van der Waals surface area contributed by atoms with Crippen molar-refractivity contribution in [2.45, 2.75) is 13.8 Å². The van der Waals surface area contributed by atoms with E-state index < -0.39 is 0 Å². The van der Waals surface area contributed by atoms with Crippen molar-refractivity contribution >= 4 is 23.2 Å². The van der Waals surface area contributed by atoms with Gasteiger partial charge in [-0.05, 0) is 49.2 Å². The summed E-state index contributed by atoms with van der Waals surface area (Å²) in [4.78, 5) is 21.3. The van der Waals surface area contributed by atoms with Gasteiger partial charge in [-0.1, -0.05) is 12.1 Å². The first-order valence-electron chi connectivity index (χ1n) is 9.32. The van der Waals surface area contributed by atoms with E-state index in [0.29, 0.717) is 24.6 Å². The lowest BCUT2D eigenvalue weighted by Gasteiger charge is -2.35. The molecule has 28 heavy (non-hydrogen) atoms. The van der Waals surface area contributed by atoms with Crippen LogP contribution in [0, 0.1) is 13.8 Å². The summed E-state index contributed by atoms with van der Waals surface area (Å²) in [6.07, 6.45) is 1.78. The van der Waals surface area contributed by atoms with Gasteiger partial charge in [0, 0.05) is 38.1 Å². The summed E-state index contributed by atoms with van der Waals surface area (Å²) in [5.41, 5.74) is 3.58. The van der Waals surface area contributed by atoms with Gasteiger partial charge in [-0.3, -0.25) is 4.79 Å². The average molecular weight is 377 g/mol. The van der Waals surface area contributed by atoms with Crippen LogP contribution >= 0.6 is 0 Å². The van der Waals surface area contributed by atoms with Gasteiger partial charge in [0.05, 0.1) is 0 Å². The minimum Gasteiger partial charge on any atom is -0.353 e. The Morgan fingerprint density at radius 2 is 1.86 bits per heavy atom. The quantitative estimate of drug-likeness (QED) is 0.726. The first-order valence-corrected chi connectivity index (χ1v) is 9.32. The van der Waals surface area contributed by atoms with Gasteiger partial charge in [0.1, 0.15) is 5.82 Å². The van der Waals surface area contributed by atoms with Crippen molar-refractivity contribution in [2.24, 2.45) is 0 Å². The summed E-state index contributed by atoms with van der Waals surface area (Å²) < 4.78 is 0. The predicted molar refractivity (Wildman–Crippen MR) is 108 cm³/mol. The fourth-order valence-electron chi connectivity index (χ4n) is 3.25. The second-order valence-corrected chi connectivity index (χ2v) is 6.91. The van der Waals surface area contributed by atoms with E-state index in [0.717, 1.165) is 24.6 Å². The number of hydrogen-bond donors (Lipinski definition) is 2. The maximum Gasteiger partial charge on any atom is 0.278 e. The number of aromatic amines is 1. The number of hydrogen-bond acceptors (Lipinski definition) is 6. The summed E-state index contributed by atoms with van der Waals surface area (Å²) in [6.45, 7) is 6.82. The molecule has 0 aliphatic carbocycles. The zero-order chi connectivity index (χ0) is 19.5. The van der Waals surface area contributed by atoms with E-state index in [9.17, 15) is 4.79 Å². The molecule has 1 aromatic carbocycles. The molecule has 1 aliphatic rings. The van der Waals surface area contributed by atoms with E-state index in [2.05, 4.69) is 44.5 Å². The van der Waals surface area contributed by atoms with E-state index in [4.69, 9.17) is 0 Å². The van der Waals surface area contributed by atoms with Crippen LogP contribution in [0.2, 0.25) is 0 Å². The van der Waals surface area contributed by atoms with Gasteiger partial charge in [-0.2, -0.15) is 5.21 Å². The van der Waals surface area contributed by atoms with Crippen LogP contribution in [0.25, 0.3) is 0 Å². The highest BCUT2D eigenvalue weighted by atomic mass is 16.2. The second kappa shape index (κ2) is 7.67. The van der Waals surface area contributed by atoms with Gasteiger partial charge in [0.25, 0.3) is 5.91 Å². The van der Waals surface area contributed by atoms with Crippen molar-refractivity contribution in [1.29, 1.82) is 0 Å². The fraction of sp³-hybridized carbons (Fsp3) is 0.300. The lowest BCUT2D eigenvalue weighted by Crippen LogP contribution is -2.49. The molecule has 1 aliphatic heterocycles. The second-order valence-electron chi connectivity index (χ2n) is 6.91. The van der Waals surface area contributed by atoms with E-state index in [-0.39, 0.29) is 5.91 Å². The molecule has 1 amide bonds. The number of H-pyrrole nitrogens is 1. The summed E-state index contributed by atoms with van der Waals surface area (Å²) in [5, 5.41) is 14.0. The summed E-state index contributed by atoms with van der Waals surface area (Å²) >= 11 is 0. The van der Waals surface area contributed by atoms with Crippen LogP contribution in [0.1, 0.15) is 21.6 Å². The highest BCUT2D eigenvalue weighted by Crippen LogP contribution is 2.21. The lowest BCUT2D eigenvalue weighted by molar-refractivity contribution is 0.0741. The SMILES string of the molecule is Cc1ccc(Nc2n[nH]nc2C(=O)N2CCN(c3ccccn3)CC2)cc1C. The van der Waals surface area contributed by atoms with Crippen molar-refractivity contribution in [3.8, 4) is 0 Å². The third-order valence-electron chi connectivity index (χ3n) is 5.06. The van der Waals surface area contributed by atoms with Gasteiger partial charge in [0.15, 0.2) is 11.5 Å². The number of rotatable bonds is 4. The van der Waals surface area contributed by atoms with Crippen molar-refractivity contribution in [2.75, 3.05) is 36.4 Å². The molecular weight excluding hydrogens is 354 g/mol. The van der Waals surface area contributed by atoms with Gasteiger partial charge in [0.2, 0.25) is 0 Å². The largest absolute Gasteiger partial charge is 0.353 e. The first-order chi connectivity index (χ1) is 13.6. The molecule has 4 rings (SSSR count). The minimum atomic E-state index is -0.124. The molecule has 0 unspecified atom stereocenters. The average Bonchev–Trinajstić information content (AvgIpc) is 3.19. The molecule has 1 fully saturated rings. The van der Waals surface area contributed by atoms with Crippen LogP contribution < -0.4 is 10.2 Å². The Labute approximate surface area is 163 Å². The molecule has 1 saturated heterocycles. The van der Waals surface area contributed by atoms with Crippen molar-refractivity contribution in [1.82, 2.24) is 25.3 Å². The van der Waals surface area contributed by atoms with Crippen LogP contribution in [0.3, 0.4) is 0 Å². The van der Waals surface area contributed by atoms with Crippen LogP contribution in [0.15, 0.2) is 42.6 Å². The molecular formula is C20H23N7O. The molecule has 0 radical (unpaired) electrons. The molecule has 8 nitrogen and oxygen atoms in total. The Morgan fingerprint density at radius 1 is 1.04 bits per heavy atom. The number of anilines is 3. The van der Waals surface area contributed by atoms with Gasteiger partial charge in [-0.15, -0.1) is 10.2 Å². The highest BCUT2D eigenvalue weighted by Gasteiger charge is 2.27. The topological polar surface area (TPSA) is 90.0 Å². The van der Waals surface area contributed by atoms with Gasteiger partial charge in [-0.25, -0.2) is 4.98 Å². The molecule has 0 saturated carbocycles. The standard InChI is InChI=1S/C20H23N7O/c1-14-6-7-16(13-15(14)2)22-19-18(23-25-24-19)20(28)27-11-9-26(10-12-27)17-5-3-4-8-21-17/h3-8,13H,9-12H2,1-2H3,(H2,22,23,24,25). The number of amides is 1. The monoisotopic (exact) mass is 377 g/mol. The zero-order valence-electron chi connectivity index (χ0n) is 16.0. The molecule has 3 heterocycles. The fourth-order valence-corrected chi connectivity index (χ4v) is 3.25. The molecule has 2 aromatic heterocycles. The molecule has 0 spiro atoms. The Balaban J connectivity index is 1.43. The third kappa shape index (κ3) is 3.66. The zero-order valence-corrected chi connectivity index (χ0v) is 16.0. The maximum atomic E-state index is 13.0. The molecule has 3 aromatic rings. The van der Waals surface area contributed by atoms with Crippen LogP contribution in [-0.4, -0.2) is 57.4 Å². The summed E-state index contributed by atoms with van der Waals surface area (Å²) in [7, 11) is 0. The smallest absolute Gasteiger partial charge is 0.278 e. The Kier molecular flexibility index (Phi) is 4.92. The highest BCUT2D eigenvalue weighted by molar-refractivity contribution is 5.97. The Morgan fingerprint density at radius 3 is 2.57 bits per heavy atom. The van der Waals surface area contributed by atoms with Crippen LogP contribution in [-0.2, 0) is 0 Å². The molecule has 0 bridgehead atoms. The van der Waals surface area contributed by atoms with Gasteiger partial charge >= 0.3 is 0 Å². The van der Waals surface area contributed by atoms with E-state index in [1.54, 1.807) is 6.20 Å². The summed E-state index contributed by atoms with van der Waals surface area (Å²) in [5.74, 6) is 1.26.